The number of aromatic hydroxyl groups is 1. The highest BCUT2D eigenvalue weighted by Gasteiger charge is 2.13. The van der Waals surface area contributed by atoms with Gasteiger partial charge in [-0.05, 0) is 57.3 Å². The van der Waals surface area contributed by atoms with Gasteiger partial charge in [-0.3, -0.25) is 4.79 Å². The Hall–Kier alpha value is -0.380. The third kappa shape index (κ3) is 3.30. The van der Waals surface area contributed by atoms with E-state index in [9.17, 15) is 14.7 Å². The van der Waals surface area contributed by atoms with Gasteiger partial charge in [-0.25, -0.2) is 4.79 Å². The van der Waals surface area contributed by atoms with Crippen molar-refractivity contribution in [1.82, 2.24) is 0 Å². The summed E-state index contributed by atoms with van der Waals surface area (Å²) < 4.78 is 5.91. The molecule has 0 spiro atoms. The molecule has 15 heavy (non-hydrogen) atoms. The lowest BCUT2D eigenvalue weighted by atomic mass is 10.3. The van der Waals surface area contributed by atoms with Crippen molar-refractivity contribution in [3.8, 4) is 11.5 Å². The molecule has 0 saturated carbocycles. The van der Waals surface area contributed by atoms with Crippen LogP contribution in [0.15, 0.2) is 12.1 Å². The van der Waals surface area contributed by atoms with Gasteiger partial charge in [0.1, 0.15) is 11.5 Å². The second-order valence-electron chi connectivity index (χ2n) is 2.68. The van der Waals surface area contributed by atoms with Crippen molar-refractivity contribution < 1.29 is 19.4 Å². The number of ketones is 1. The maximum atomic E-state index is 11.0. The van der Waals surface area contributed by atoms with E-state index in [1.165, 1.54) is 12.1 Å². The van der Waals surface area contributed by atoms with Gasteiger partial charge in [0, 0.05) is 6.92 Å². The first-order valence-electron chi connectivity index (χ1n) is 3.82. The van der Waals surface area contributed by atoms with Crippen molar-refractivity contribution in [2.45, 2.75) is 6.92 Å². The van der Waals surface area contributed by atoms with Crippen molar-refractivity contribution in [2.24, 2.45) is 0 Å². The third-order valence-electron chi connectivity index (χ3n) is 1.49. The van der Waals surface area contributed by atoms with Gasteiger partial charge in [-0.2, -0.15) is 0 Å². The molecule has 1 rings (SSSR count). The number of phenols is 1. The molecule has 6 heteroatoms. The standard InChI is InChI=1S/C9H6I2O4/c1-4(12)9(14)15-5-2-6(10)8(13)7(11)3-5/h2-3,13H,1H3. The molecule has 0 aliphatic rings. The van der Waals surface area contributed by atoms with E-state index >= 15 is 0 Å². The average Bonchev–Trinajstić information content (AvgIpc) is 2.13. The van der Waals surface area contributed by atoms with Gasteiger partial charge in [0.05, 0.1) is 7.14 Å². The molecule has 1 aromatic rings. The fourth-order valence-electron chi connectivity index (χ4n) is 0.780. The molecule has 0 aliphatic heterocycles. The van der Waals surface area contributed by atoms with Crippen LogP contribution in [0.25, 0.3) is 0 Å². The number of ether oxygens (including phenoxy) is 1. The van der Waals surface area contributed by atoms with Crippen molar-refractivity contribution in [2.75, 3.05) is 0 Å². The molecule has 80 valence electrons. The van der Waals surface area contributed by atoms with Crippen LogP contribution in [0, 0.1) is 7.14 Å². The summed E-state index contributed by atoms with van der Waals surface area (Å²) in [6, 6.07) is 2.97. The Kier molecular flexibility index (Phi) is 4.32. The summed E-state index contributed by atoms with van der Waals surface area (Å²) >= 11 is 3.82. The SMILES string of the molecule is CC(=O)C(=O)Oc1cc(I)c(O)c(I)c1. The number of carbonyl (C=O) groups is 2. The molecular weight excluding hydrogens is 426 g/mol. The maximum Gasteiger partial charge on any atom is 0.379 e. The quantitative estimate of drug-likeness (QED) is 0.337. The highest BCUT2D eigenvalue weighted by molar-refractivity contribution is 14.1. The first kappa shape index (κ1) is 12.7. The van der Waals surface area contributed by atoms with E-state index in [1.807, 2.05) is 45.2 Å². The molecule has 0 amide bonds. The average molecular weight is 432 g/mol. The number of rotatable bonds is 2. The predicted molar refractivity (Wildman–Crippen MR) is 69.9 cm³/mol. The normalized spacial score (nSPS) is 9.80. The summed E-state index contributed by atoms with van der Waals surface area (Å²) in [5, 5.41) is 9.45. The van der Waals surface area contributed by atoms with Crippen LogP contribution in [0.2, 0.25) is 0 Å². The molecule has 0 unspecified atom stereocenters. The van der Waals surface area contributed by atoms with Gasteiger partial charge in [-0.1, -0.05) is 0 Å². The number of benzene rings is 1. The second kappa shape index (κ2) is 5.10. The van der Waals surface area contributed by atoms with Crippen LogP contribution in [0.4, 0.5) is 0 Å². The topological polar surface area (TPSA) is 63.6 Å². The largest absolute Gasteiger partial charge is 0.506 e. The minimum Gasteiger partial charge on any atom is -0.506 e. The number of carbonyl (C=O) groups excluding carboxylic acids is 2. The molecule has 4 nitrogen and oxygen atoms in total. The number of Topliss-reactive ketones (excluding diaryl/α,β-unsaturated/α-hetero) is 1. The van der Waals surface area contributed by atoms with Gasteiger partial charge >= 0.3 is 5.97 Å². The first-order valence-corrected chi connectivity index (χ1v) is 5.98. The minimum absolute atomic E-state index is 0.138. The Morgan fingerprint density at radius 1 is 1.27 bits per heavy atom. The number of halogens is 2. The summed E-state index contributed by atoms with van der Waals surface area (Å²) in [6.45, 7) is 1.14. The van der Waals surface area contributed by atoms with E-state index in [1.54, 1.807) is 0 Å². The van der Waals surface area contributed by atoms with E-state index in [2.05, 4.69) is 0 Å². The molecule has 0 saturated heterocycles. The number of phenolic OH excluding ortho intramolecular Hbond substituents is 1. The van der Waals surface area contributed by atoms with Gasteiger partial charge < -0.3 is 9.84 Å². The van der Waals surface area contributed by atoms with Crippen molar-refractivity contribution in [1.29, 1.82) is 0 Å². The second-order valence-corrected chi connectivity index (χ2v) is 5.01. The van der Waals surface area contributed by atoms with Crippen molar-refractivity contribution >= 4 is 56.9 Å². The molecule has 0 radical (unpaired) electrons. The molecule has 0 fully saturated rings. The van der Waals surface area contributed by atoms with E-state index in [0.29, 0.717) is 7.14 Å². The first-order chi connectivity index (χ1) is 6.91. The summed E-state index contributed by atoms with van der Waals surface area (Å²) in [4.78, 5) is 21.6. The third-order valence-corrected chi connectivity index (χ3v) is 3.13. The van der Waals surface area contributed by atoms with Crippen LogP contribution in [-0.2, 0) is 9.59 Å². The summed E-state index contributed by atoms with van der Waals surface area (Å²) in [5.74, 6) is -1.18. The van der Waals surface area contributed by atoms with Gasteiger partial charge in [0.25, 0.3) is 0 Å². The van der Waals surface area contributed by atoms with E-state index in [4.69, 9.17) is 4.74 Å². The smallest absolute Gasteiger partial charge is 0.379 e. The fourth-order valence-corrected chi connectivity index (χ4v) is 2.49. The molecule has 1 N–H and O–H groups in total. The lowest BCUT2D eigenvalue weighted by molar-refractivity contribution is -0.146. The van der Waals surface area contributed by atoms with E-state index in [0.717, 1.165) is 6.92 Å². The van der Waals surface area contributed by atoms with Crippen molar-refractivity contribution in [3.05, 3.63) is 19.3 Å². The zero-order valence-electron chi connectivity index (χ0n) is 7.58. The van der Waals surface area contributed by atoms with E-state index in [-0.39, 0.29) is 11.5 Å². The molecule has 0 atom stereocenters. The molecule has 0 bridgehead atoms. The summed E-state index contributed by atoms with van der Waals surface area (Å²) in [5.41, 5.74) is 0. The molecule has 0 aliphatic carbocycles. The monoisotopic (exact) mass is 432 g/mol. The predicted octanol–water partition coefficient (Wildman–Crippen LogP) is 2.10. The Morgan fingerprint density at radius 3 is 2.13 bits per heavy atom. The highest BCUT2D eigenvalue weighted by atomic mass is 127. The summed E-state index contributed by atoms with van der Waals surface area (Å²) in [7, 11) is 0. The van der Waals surface area contributed by atoms with Crippen LogP contribution in [0.5, 0.6) is 11.5 Å². The number of hydrogen-bond donors (Lipinski definition) is 1. The van der Waals surface area contributed by atoms with E-state index < -0.39 is 11.8 Å². The molecule has 1 aromatic carbocycles. The van der Waals surface area contributed by atoms with Crippen LogP contribution in [0.1, 0.15) is 6.92 Å². The summed E-state index contributed by atoms with van der Waals surface area (Å²) in [6.07, 6.45) is 0. The Morgan fingerprint density at radius 2 is 1.73 bits per heavy atom. The number of hydrogen-bond acceptors (Lipinski definition) is 4. The Labute approximate surface area is 113 Å². The fraction of sp³-hybridized carbons (Fsp3) is 0.111. The van der Waals surface area contributed by atoms with Gasteiger partial charge in [0.15, 0.2) is 0 Å². The highest BCUT2D eigenvalue weighted by Crippen LogP contribution is 2.30. The van der Waals surface area contributed by atoms with Crippen molar-refractivity contribution in [3.63, 3.8) is 0 Å². The molecule has 0 heterocycles. The molecule has 0 aromatic heterocycles. The van der Waals surface area contributed by atoms with Crippen LogP contribution >= 0.6 is 45.2 Å². The molecular formula is C9H6I2O4. The lowest BCUT2D eigenvalue weighted by Gasteiger charge is -2.05. The lowest BCUT2D eigenvalue weighted by Crippen LogP contribution is -2.16. The van der Waals surface area contributed by atoms with Crippen LogP contribution in [0.3, 0.4) is 0 Å². The number of esters is 1. The zero-order chi connectivity index (χ0) is 11.6. The maximum absolute atomic E-state index is 11.0. The zero-order valence-corrected chi connectivity index (χ0v) is 11.9. The van der Waals surface area contributed by atoms with Crippen LogP contribution < -0.4 is 4.74 Å². The van der Waals surface area contributed by atoms with Gasteiger partial charge in [0.2, 0.25) is 5.78 Å². The van der Waals surface area contributed by atoms with Crippen LogP contribution in [-0.4, -0.2) is 16.9 Å². The van der Waals surface area contributed by atoms with Gasteiger partial charge in [-0.15, -0.1) is 0 Å². The Balaban J connectivity index is 2.98. The Bertz CT molecular complexity index is 405. The minimum atomic E-state index is -0.910.